The predicted octanol–water partition coefficient (Wildman–Crippen LogP) is 1.66. The standard InChI is InChI=1S/C15H19NO3/c17-12-3-1-2-11-13(12)14-10(8-16-11)9-19-15(14)4-6-18-7-5-15/h4-7,10,12-14,17H,1-3,8-9H2. The number of rotatable bonds is 0. The van der Waals surface area contributed by atoms with Crippen molar-refractivity contribution in [2.75, 3.05) is 13.2 Å². The zero-order valence-corrected chi connectivity index (χ0v) is 10.9. The van der Waals surface area contributed by atoms with Gasteiger partial charge in [0.25, 0.3) is 0 Å². The van der Waals surface area contributed by atoms with E-state index in [4.69, 9.17) is 14.5 Å². The van der Waals surface area contributed by atoms with Gasteiger partial charge in [0, 0.05) is 30.0 Å². The van der Waals surface area contributed by atoms with Crippen molar-refractivity contribution in [2.24, 2.45) is 22.7 Å². The first-order chi connectivity index (χ1) is 9.30. The van der Waals surface area contributed by atoms with Gasteiger partial charge >= 0.3 is 0 Å². The third-order valence-corrected chi connectivity index (χ3v) is 5.04. The van der Waals surface area contributed by atoms with Gasteiger partial charge in [0.2, 0.25) is 0 Å². The zero-order valence-electron chi connectivity index (χ0n) is 10.9. The largest absolute Gasteiger partial charge is 0.473 e. The monoisotopic (exact) mass is 261 g/mol. The van der Waals surface area contributed by atoms with E-state index in [0.29, 0.717) is 11.8 Å². The maximum atomic E-state index is 10.4. The number of aliphatic hydroxyl groups excluding tert-OH is 1. The van der Waals surface area contributed by atoms with E-state index in [0.717, 1.165) is 32.4 Å². The summed E-state index contributed by atoms with van der Waals surface area (Å²) < 4.78 is 11.3. The van der Waals surface area contributed by atoms with Crippen LogP contribution in [0.25, 0.3) is 0 Å². The summed E-state index contributed by atoms with van der Waals surface area (Å²) in [6.45, 7) is 1.56. The van der Waals surface area contributed by atoms with E-state index in [2.05, 4.69) is 0 Å². The SMILES string of the molecule is OC1CCCC2=NCC3COC4(C=COC=C4)C3C21. The van der Waals surface area contributed by atoms with Crippen molar-refractivity contribution in [1.29, 1.82) is 0 Å². The molecule has 3 heterocycles. The van der Waals surface area contributed by atoms with E-state index >= 15 is 0 Å². The molecular weight excluding hydrogens is 242 g/mol. The number of nitrogens with zero attached hydrogens (tertiary/aromatic N) is 1. The molecular formula is C15H19NO3. The number of fused-ring (bicyclic) bond motifs is 4. The highest BCUT2D eigenvalue weighted by molar-refractivity contribution is 5.89. The first-order valence-electron chi connectivity index (χ1n) is 7.16. The third-order valence-electron chi connectivity index (χ3n) is 5.04. The quantitative estimate of drug-likeness (QED) is 0.721. The smallest absolute Gasteiger partial charge is 0.115 e. The Morgan fingerprint density at radius 3 is 3.00 bits per heavy atom. The van der Waals surface area contributed by atoms with Crippen LogP contribution in [-0.4, -0.2) is 35.7 Å². The molecule has 0 aromatic heterocycles. The summed E-state index contributed by atoms with van der Waals surface area (Å²) in [6.07, 6.45) is 10.1. The second-order valence-electron chi connectivity index (χ2n) is 6.01. The number of ether oxygens (including phenoxy) is 2. The van der Waals surface area contributed by atoms with Crippen LogP contribution in [-0.2, 0) is 9.47 Å². The molecule has 0 bridgehead atoms. The first-order valence-corrected chi connectivity index (χ1v) is 7.16. The van der Waals surface area contributed by atoms with Crippen LogP contribution in [0, 0.1) is 17.8 Å². The lowest BCUT2D eigenvalue weighted by Gasteiger charge is -2.44. The topological polar surface area (TPSA) is 51.1 Å². The van der Waals surface area contributed by atoms with Crippen molar-refractivity contribution >= 4 is 5.71 Å². The molecule has 4 atom stereocenters. The summed E-state index contributed by atoms with van der Waals surface area (Å²) >= 11 is 0. The molecule has 4 heteroatoms. The van der Waals surface area contributed by atoms with Crippen molar-refractivity contribution in [3.8, 4) is 0 Å². The lowest BCUT2D eigenvalue weighted by Crippen LogP contribution is -2.50. The number of aliphatic hydroxyl groups is 1. The summed E-state index contributed by atoms with van der Waals surface area (Å²) in [4.78, 5) is 4.72. The Morgan fingerprint density at radius 2 is 2.16 bits per heavy atom. The Morgan fingerprint density at radius 1 is 1.32 bits per heavy atom. The first kappa shape index (κ1) is 11.7. The number of hydrogen-bond donors (Lipinski definition) is 1. The Kier molecular flexibility index (Phi) is 2.57. The average Bonchev–Trinajstić information content (AvgIpc) is 2.79. The molecule has 0 aromatic rings. The highest BCUT2D eigenvalue weighted by Crippen LogP contribution is 2.49. The predicted molar refractivity (Wildman–Crippen MR) is 70.7 cm³/mol. The van der Waals surface area contributed by atoms with E-state index in [1.165, 1.54) is 5.71 Å². The van der Waals surface area contributed by atoms with Gasteiger partial charge in [0.05, 0.1) is 25.2 Å². The molecule has 4 aliphatic rings. The maximum Gasteiger partial charge on any atom is 0.115 e. The van der Waals surface area contributed by atoms with E-state index in [1.807, 2.05) is 12.2 Å². The van der Waals surface area contributed by atoms with Crippen LogP contribution in [0.1, 0.15) is 19.3 Å². The fourth-order valence-corrected chi connectivity index (χ4v) is 4.20. The Hall–Kier alpha value is -1.13. The average molecular weight is 261 g/mol. The van der Waals surface area contributed by atoms with Gasteiger partial charge in [-0.25, -0.2) is 0 Å². The van der Waals surface area contributed by atoms with Crippen LogP contribution in [0.15, 0.2) is 29.7 Å². The molecule has 1 saturated heterocycles. The molecule has 4 nitrogen and oxygen atoms in total. The van der Waals surface area contributed by atoms with E-state index in [9.17, 15) is 5.11 Å². The highest BCUT2D eigenvalue weighted by atomic mass is 16.5. The molecule has 1 saturated carbocycles. The van der Waals surface area contributed by atoms with Gasteiger partial charge in [0.15, 0.2) is 0 Å². The second-order valence-corrected chi connectivity index (χ2v) is 6.01. The van der Waals surface area contributed by atoms with Crippen LogP contribution in [0.5, 0.6) is 0 Å². The van der Waals surface area contributed by atoms with Crippen molar-refractivity contribution in [3.05, 3.63) is 24.7 Å². The normalized spacial score (nSPS) is 42.5. The van der Waals surface area contributed by atoms with Crippen LogP contribution < -0.4 is 0 Å². The van der Waals surface area contributed by atoms with Gasteiger partial charge in [-0.1, -0.05) is 0 Å². The number of aliphatic imine (C=N–C) groups is 1. The van der Waals surface area contributed by atoms with Gasteiger partial charge in [-0.05, 0) is 31.4 Å². The second kappa shape index (κ2) is 4.18. The summed E-state index contributed by atoms with van der Waals surface area (Å²) in [5.41, 5.74) is 0.811. The van der Waals surface area contributed by atoms with Crippen molar-refractivity contribution in [1.82, 2.24) is 0 Å². The fourth-order valence-electron chi connectivity index (χ4n) is 4.20. The van der Waals surface area contributed by atoms with Crippen molar-refractivity contribution < 1.29 is 14.6 Å². The van der Waals surface area contributed by atoms with E-state index in [-0.39, 0.29) is 12.0 Å². The lowest BCUT2D eigenvalue weighted by molar-refractivity contribution is 0.0124. The maximum absolute atomic E-state index is 10.4. The molecule has 0 aromatic carbocycles. The van der Waals surface area contributed by atoms with Crippen LogP contribution >= 0.6 is 0 Å². The molecule has 1 spiro atoms. The van der Waals surface area contributed by atoms with Gasteiger partial charge in [-0.2, -0.15) is 0 Å². The number of hydrogen-bond acceptors (Lipinski definition) is 4. The van der Waals surface area contributed by atoms with Gasteiger partial charge in [-0.15, -0.1) is 0 Å². The third kappa shape index (κ3) is 1.63. The molecule has 1 N–H and O–H groups in total. The van der Waals surface area contributed by atoms with Crippen molar-refractivity contribution in [3.63, 3.8) is 0 Å². The fraction of sp³-hybridized carbons (Fsp3) is 0.667. The molecule has 4 rings (SSSR count). The van der Waals surface area contributed by atoms with Gasteiger partial charge in [-0.3, -0.25) is 4.99 Å². The van der Waals surface area contributed by atoms with E-state index < -0.39 is 5.60 Å². The molecule has 0 radical (unpaired) electrons. The van der Waals surface area contributed by atoms with E-state index in [1.54, 1.807) is 12.5 Å². The minimum atomic E-state index is -0.396. The summed E-state index contributed by atoms with van der Waals surface area (Å²) in [5.74, 6) is 0.864. The lowest BCUT2D eigenvalue weighted by atomic mass is 9.64. The Bertz CT molecular complexity index is 456. The summed E-state index contributed by atoms with van der Waals surface area (Å²) in [6, 6.07) is 0. The molecule has 0 amide bonds. The summed E-state index contributed by atoms with van der Waals surface area (Å²) in [7, 11) is 0. The Balaban J connectivity index is 1.76. The molecule has 3 aliphatic heterocycles. The van der Waals surface area contributed by atoms with Gasteiger partial charge in [0.1, 0.15) is 5.60 Å². The minimum Gasteiger partial charge on any atom is -0.473 e. The zero-order chi connectivity index (χ0) is 12.9. The summed E-state index contributed by atoms with van der Waals surface area (Å²) in [5, 5.41) is 10.4. The molecule has 1 aliphatic carbocycles. The van der Waals surface area contributed by atoms with Crippen LogP contribution in [0.3, 0.4) is 0 Å². The minimum absolute atomic E-state index is 0.155. The van der Waals surface area contributed by atoms with Gasteiger partial charge < -0.3 is 14.6 Å². The molecule has 19 heavy (non-hydrogen) atoms. The van der Waals surface area contributed by atoms with Crippen molar-refractivity contribution in [2.45, 2.75) is 31.0 Å². The van der Waals surface area contributed by atoms with Crippen LogP contribution in [0.4, 0.5) is 0 Å². The van der Waals surface area contributed by atoms with Crippen LogP contribution in [0.2, 0.25) is 0 Å². The molecule has 2 fully saturated rings. The Labute approximate surface area is 112 Å². The highest BCUT2D eigenvalue weighted by Gasteiger charge is 2.55. The molecule has 4 unspecified atom stereocenters. The molecule has 102 valence electrons.